The molecule has 0 atom stereocenters. The van der Waals surface area contributed by atoms with Crippen molar-refractivity contribution in [3.63, 3.8) is 0 Å². The number of carbonyl (C=O) groups excluding carboxylic acids is 1. The van der Waals surface area contributed by atoms with Gasteiger partial charge in [0.25, 0.3) is 0 Å². The van der Waals surface area contributed by atoms with Gasteiger partial charge in [0.1, 0.15) is 5.82 Å². The molecule has 6 heteroatoms. The maximum Gasteiger partial charge on any atom is 0.303 e. The van der Waals surface area contributed by atoms with Gasteiger partial charge in [0.2, 0.25) is 5.91 Å². The number of rotatable bonds is 4. The zero-order valence-electron chi connectivity index (χ0n) is 8.17. The Balaban J connectivity index is 2.59. The normalized spacial score (nSPS) is 9.88. The van der Waals surface area contributed by atoms with Crippen LogP contribution in [0.15, 0.2) is 18.2 Å². The molecule has 1 amide bonds. The van der Waals surface area contributed by atoms with Crippen molar-refractivity contribution >= 4 is 29.2 Å². The minimum absolute atomic E-state index is 0.0728. The van der Waals surface area contributed by atoms with Gasteiger partial charge in [-0.1, -0.05) is 11.6 Å². The Hall–Kier alpha value is -1.62. The van der Waals surface area contributed by atoms with Crippen LogP contribution >= 0.6 is 11.6 Å². The van der Waals surface area contributed by atoms with Crippen LogP contribution in [-0.2, 0) is 9.59 Å². The topological polar surface area (TPSA) is 66.4 Å². The second-order valence-electron chi connectivity index (χ2n) is 3.07. The highest BCUT2D eigenvalue weighted by Gasteiger charge is 2.08. The molecule has 0 bridgehead atoms. The number of carbonyl (C=O) groups is 2. The molecule has 1 rings (SSSR count). The first-order valence-electron chi connectivity index (χ1n) is 4.45. The molecule has 0 aliphatic rings. The highest BCUT2D eigenvalue weighted by Crippen LogP contribution is 2.22. The first kappa shape index (κ1) is 12.4. The first-order valence-corrected chi connectivity index (χ1v) is 4.83. The summed E-state index contributed by atoms with van der Waals surface area (Å²) in [5.41, 5.74) is 0.262. The number of hydrogen-bond donors (Lipinski definition) is 2. The molecule has 0 saturated heterocycles. The zero-order valence-corrected chi connectivity index (χ0v) is 8.92. The summed E-state index contributed by atoms with van der Waals surface area (Å²) in [6.45, 7) is 0. The molecule has 1 aromatic rings. The highest BCUT2D eigenvalue weighted by molar-refractivity contribution is 6.33. The number of carboxylic acid groups (broad SMARTS) is 1. The van der Waals surface area contributed by atoms with Crippen LogP contribution < -0.4 is 5.32 Å². The Labute approximate surface area is 96.0 Å². The lowest BCUT2D eigenvalue weighted by Gasteiger charge is -2.06. The monoisotopic (exact) mass is 245 g/mol. The van der Waals surface area contributed by atoms with Crippen LogP contribution in [-0.4, -0.2) is 17.0 Å². The Kier molecular flexibility index (Phi) is 4.25. The second kappa shape index (κ2) is 5.46. The highest BCUT2D eigenvalue weighted by atomic mass is 35.5. The van der Waals surface area contributed by atoms with Crippen molar-refractivity contribution in [3.05, 3.63) is 29.0 Å². The predicted octanol–water partition coefficient (Wildman–Crippen LogP) is 2.28. The van der Waals surface area contributed by atoms with Crippen molar-refractivity contribution in [2.45, 2.75) is 12.8 Å². The van der Waals surface area contributed by atoms with E-state index in [1.54, 1.807) is 0 Å². The molecule has 1 aromatic carbocycles. The van der Waals surface area contributed by atoms with E-state index in [0.717, 1.165) is 12.1 Å². The molecule has 0 radical (unpaired) electrons. The fourth-order valence-electron chi connectivity index (χ4n) is 1.02. The van der Waals surface area contributed by atoms with E-state index in [1.165, 1.54) is 6.07 Å². The summed E-state index contributed by atoms with van der Waals surface area (Å²) < 4.78 is 12.7. The van der Waals surface area contributed by atoms with Crippen molar-refractivity contribution in [2.75, 3.05) is 5.32 Å². The van der Waals surface area contributed by atoms with Gasteiger partial charge in [-0.2, -0.15) is 0 Å². The molecule has 0 fully saturated rings. The van der Waals surface area contributed by atoms with Crippen LogP contribution in [0.5, 0.6) is 0 Å². The molecular weight excluding hydrogens is 237 g/mol. The lowest BCUT2D eigenvalue weighted by molar-refractivity contribution is -0.138. The average Bonchev–Trinajstić information content (AvgIpc) is 2.19. The van der Waals surface area contributed by atoms with E-state index < -0.39 is 17.7 Å². The summed E-state index contributed by atoms with van der Waals surface area (Å²) in [5.74, 6) is -2.04. The second-order valence-corrected chi connectivity index (χ2v) is 3.47. The standard InChI is InChI=1S/C10H9ClFNO3/c11-7-5-6(12)1-2-8(7)13-9(14)3-4-10(15)16/h1-2,5H,3-4H2,(H,13,14)(H,15,16). The van der Waals surface area contributed by atoms with Crippen molar-refractivity contribution in [1.82, 2.24) is 0 Å². The van der Waals surface area contributed by atoms with Gasteiger partial charge in [-0.15, -0.1) is 0 Å². The molecule has 0 spiro atoms. The predicted molar refractivity (Wildman–Crippen MR) is 56.9 cm³/mol. The molecule has 0 heterocycles. The van der Waals surface area contributed by atoms with Gasteiger partial charge >= 0.3 is 5.97 Å². The number of nitrogens with one attached hydrogen (secondary N) is 1. The van der Waals surface area contributed by atoms with E-state index in [0.29, 0.717) is 0 Å². The van der Waals surface area contributed by atoms with Gasteiger partial charge in [-0.05, 0) is 18.2 Å². The quantitative estimate of drug-likeness (QED) is 0.855. The van der Waals surface area contributed by atoms with E-state index in [2.05, 4.69) is 5.32 Å². The average molecular weight is 246 g/mol. The fraction of sp³-hybridized carbons (Fsp3) is 0.200. The van der Waals surface area contributed by atoms with Crippen LogP contribution in [0.4, 0.5) is 10.1 Å². The lowest BCUT2D eigenvalue weighted by Crippen LogP contribution is -2.13. The summed E-state index contributed by atoms with van der Waals surface area (Å²) in [6.07, 6.45) is -0.409. The molecule has 2 N–H and O–H groups in total. The van der Waals surface area contributed by atoms with Gasteiger partial charge < -0.3 is 10.4 Å². The molecule has 0 unspecified atom stereocenters. The van der Waals surface area contributed by atoms with Crippen LogP contribution in [0.1, 0.15) is 12.8 Å². The first-order chi connectivity index (χ1) is 7.49. The minimum atomic E-state index is -1.06. The summed E-state index contributed by atoms with van der Waals surface area (Å²) >= 11 is 5.67. The van der Waals surface area contributed by atoms with Crippen molar-refractivity contribution in [3.8, 4) is 0 Å². The number of hydrogen-bond acceptors (Lipinski definition) is 2. The number of carboxylic acids is 1. The third kappa shape index (κ3) is 3.86. The summed E-state index contributed by atoms with van der Waals surface area (Å²) in [4.78, 5) is 21.4. The van der Waals surface area contributed by atoms with Gasteiger partial charge in [0.05, 0.1) is 17.1 Å². The van der Waals surface area contributed by atoms with Gasteiger partial charge in [0, 0.05) is 6.42 Å². The van der Waals surface area contributed by atoms with E-state index in [4.69, 9.17) is 16.7 Å². The van der Waals surface area contributed by atoms with Crippen LogP contribution in [0, 0.1) is 5.82 Å². The third-order valence-corrected chi connectivity index (χ3v) is 2.08. The third-order valence-electron chi connectivity index (χ3n) is 1.77. The van der Waals surface area contributed by atoms with Crippen LogP contribution in [0.3, 0.4) is 0 Å². The molecule has 0 saturated carbocycles. The smallest absolute Gasteiger partial charge is 0.303 e. The Morgan fingerprint density at radius 2 is 2.06 bits per heavy atom. The number of anilines is 1. The zero-order chi connectivity index (χ0) is 12.1. The number of halogens is 2. The maximum absolute atomic E-state index is 12.7. The molecule has 16 heavy (non-hydrogen) atoms. The van der Waals surface area contributed by atoms with Crippen LogP contribution in [0.2, 0.25) is 5.02 Å². The lowest BCUT2D eigenvalue weighted by atomic mass is 10.2. The van der Waals surface area contributed by atoms with Crippen molar-refractivity contribution in [2.24, 2.45) is 0 Å². The minimum Gasteiger partial charge on any atom is -0.481 e. The van der Waals surface area contributed by atoms with Gasteiger partial charge in [0.15, 0.2) is 0 Å². The van der Waals surface area contributed by atoms with Crippen molar-refractivity contribution in [1.29, 1.82) is 0 Å². The maximum atomic E-state index is 12.7. The number of benzene rings is 1. The Morgan fingerprint density at radius 3 is 2.62 bits per heavy atom. The Morgan fingerprint density at radius 1 is 1.38 bits per heavy atom. The fourth-order valence-corrected chi connectivity index (χ4v) is 1.24. The van der Waals surface area contributed by atoms with Gasteiger partial charge in [-0.25, -0.2) is 4.39 Å². The molecular formula is C10H9ClFNO3. The SMILES string of the molecule is O=C(O)CCC(=O)Nc1ccc(F)cc1Cl. The van der Waals surface area contributed by atoms with E-state index >= 15 is 0 Å². The molecule has 86 valence electrons. The summed E-state index contributed by atoms with van der Waals surface area (Å²) in [5, 5.41) is 10.8. The summed E-state index contributed by atoms with van der Waals surface area (Å²) in [7, 11) is 0. The van der Waals surface area contributed by atoms with E-state index in [1.807, 2.05) is 0 Å². The number of amides is 1. The van der Waals surface area contributed by atoms with Crippen molar-refractivity contribution < 1.29 is 19.1 Å². The molecule has 0 aromatic heterocycles. The van der Waals surface area contributed by atoms with Gasteiger partial charge in [-0.3, -0.25) is 9.59 Å². The molecule has 4 nitrogen and oxygen atoms in total. The largest absolute Gasteiger partial charge is 0.481 e. The number of aliphatic carboxylic acids is 1. The Bertz CT molecular complexity index is 423. The van der Waals surface area contributed by atoms with E-state index in [9.17, 15) is 14.0 Å². The molecule has 0 aliphatic heterocycles. The summed E-state index contributed by atoms with van der Waals surface area (Å²) in [6, 6.07) is 3.53. The van der Waals surface area contributed by atoms with E-state index in [-0.39, 0.29) is 23.6 Å². The molecule has 0 aliphatic carbocycles. The van der Waals surface area contributed by atoms with Crippen LogP contribution in [0.25, 0.3) is 0 Å².